The summed E-state index contributed by atoms with van der Waals surface area (Å²) < 4.78 is 1.43. The second-order valence-corrected chi connectivity index (χ2v) is 8.42. The largest absolute Gasteiger partial charge is 0.324 e. The lowest BCUT2D eigenvalue weighted by molar-refractivity contribution is -0.118. The van der Waals surface area contributed by atoms with Crippen LogP contribution in [-0.2, 0) is 17.6 Å². The van der Waals surface area contributed by atoms with E-state index in [9.17, 15) is 9.59 Å². The molecular weight excluding hydrogens is 382 g/mol. The fourth-order valence-corrected chi connectivity index (χ4v) is 4.94. The first-order valence-corrected chi connectivity index (χ1v) is 10.2. The quantitative estimate of drug-likeness (QED) is 0.702. The Morgan fingerprint density at radius 3 is 2.93 bits per heavy atom. The fourth-order valence-electron chi connectivity index (χ4n) is 3.54. The normalized spacial score (nSPS) is 14.8. The average molecular weight is 402 g/mol. The van der Waals surface area contributed by atoms with Gasteiger partial charge in [-0.05, 0) is 62.8 Å². The van der Waals surface area contributed by atoms with Crippen LogP contribution in [0.1, 0.15) is 41.8 Å². The van der Waals surface area contributed by atoms with Gasteiger partial charge in [0.05, 0.1) is 11.7 Å². The molecule has 140 valence electrons. The Morgan fingerprint density at radius 1 is 1.33 bits per heavy atom. The Bertz CT molecular complexity index is 1100. The minimum Gasteiger partial charge on any atom is -0.324 e. The number of nitrogens with zero attached hydrogens (tertiary/aromatic N) is 2. The number of benzene rings is 1. The van der Waals surface area contributed by atoms with Crippen LogP contribution in [0.25, 0.3) is 10.2 Å². The number of rotatable bonds is 3. The van der Waals surface area contributed by atoms with Crippen molar-refractivity contribution >= 4 is 44.7 Å². The SMILES string of the molecule is Cc1c(Cl)cccc1NC(=O)C(C)n1cnc2sc3c(c2c1=O)CCCC3. The van der Waals surface area contributed by atoms with Gasteiger partial charge in [0.1, 0.15) is 10.9 Å². The summed E-state index contributed by atoms with van der Waals surface area (Å²) in [5.74, 6) is -0.271. The molecular formula is C20H20ClN3O2S. The molecule has 4 rings (SSSR count). The lowest BCUT2D eigenvalue weighted by atomic mass is 9.97. The number of hydrogen-bond donors (Lipinski definition) is 1. The first-order valence-electron chi connectivity index (χ1n) is 9.04. The molecule has 1 atom stereocenters. The van der Waals surface area contributed by atoms with Crippen molar-refractivity contribution in [3.05, 3.63) is 55.9 Å². The molecule has 27 heavy (non-hydrogen) atoms. The van der Waals surface area contributed by atoms with Crippen molar-refractivity contribution in [2.45, 2.75) is 45.6 Å². The van der Waals surface area contributed by atoms with Crippen LogP contribution in [0, 0.1) is 6.92 Å². The number of fused-ring (bicyclic) bond motifs is 3. The van der Waals surface area contributed by atoms with E-state index in [1.807, 2.05) is 6.92 Å². The van der Waals surface area contributed by atoms with Gasteiger partial charge in [-0.3, -0.25) is 14.2 Å². The first-order chi connectivity index (χ1) is 13.0. The molecule has 1 aliphatic carbocycles. The van der Waals surface area contributed by atoms with Gasteiger partial charge in [0.2, 0.25) is 5.91 Å². The van der Waals surface area contributed by atoms with E-state index >= 15 is 0 Å². The lowest BCUT2D eigenvalue weighted by Crippen LogP contribution is -2.32. The van der Waals surface area contributed by atoms with Gasteiger partial charge in [-0.15, -0.1) is 11.3 Å². The Kier molecular flexibility index (Phi) is 4.78. The molecule has 0 saturated carbocycles. The number of nitrogens with one attached hydrogen (secondary N) is 1. The van der Waals surface area contributed by atoms with E-state index in [0.717, 1.165) is 41.6 Å². The summed E-state index contributed by atoms with van der Waals surface area (Å²) in [5, 5.41) is 4.15. The molecule has 1 aromatic carbocycles. The van der Waals surface area contributed by atoms with Gasteiger partial charge in [0.25, 0.3) is 5.56 Å². The van der Waals surface area contributed by atoms with Crippen molar-refractivity contribution in [3.8, 4) is 0 Å². The zero-order valence-corrected chi connectivity index (χ0v) is 16.8. The van der Waals surface area contributed by atoms with Crippen LogP contribution in [0.2, 0.25) is 5.02 Å². The molecule has 1 unspecified atom stereocenters. The number of halogens is 1. The van der Waals surface area contributed by atoms with E-state index in [1.165, 1.54) is 15.8 Å². The smallest absolute Gasteiger partial charge is 0.263 e. The summed E-state index contributed by atoms with van der Waals surface area (Å²) in [4.78, 5) is 32.4. The zero-order valence-electron chi connectivity index (χ0n) is 15.2. The number of carbonyl (C=O) groups excluding carboxylic acids is 1. The van der Waals surface area contributed by atoms with Gasteiger partial charge in [0, 0.05) is 15.6 Å². The van der Waals surface area contributed by atoms with Crippen molar-refractivity contribution < 1.29 is 4.79 Å². The molecule has 0 fully saturated rings. The van der Waals surface area contributed by atoms with Gasteiger partial charge in [0.15, 0.2) is 0 Å². The van der Waals surface area contributed by atoms with Crippen molar-refractivity contribution in [3.63, 3.8) is 0 Å². The second kappa shape index (κ2) is 7.09. The van der Waals surface area contributed by atoms with Crippen LogP contribution in [-0.4, -0.2) is 15.5 Å². The first kappa shape index (κ1) is 18.2. The van der Waals surface area contributed by atoms with E-state index in [0.29, 0.717) is 16.1 Å². The van der Waals surface area contributed by atoms with Crippen molar-refractivity contribution in [2.24, 2.45) is 0 Å². The van der Waals surface area contributed by atoms with Crippen LogP contribution in [0.3, 0.4) is 0 Å². The van der Waals surface area contributed by atoms with Crippen LogP contribution in [0.4, 0.5) is 5.69 Å². The highest BCUT2D eigenvalue weighted by atomic mass is 35.5. The molecule has 2 aromatic heterocycles. The Balaban J connectivity index is 1.69. The molecule has 5 nitrogen and oxygen atoms in total. The van der Waals surface area contributed by atoms with E-state index in [-0.39, 0.29) is 11.5 Å². The van der Waals surface area contributed by atoms with Crippen molar-refractivity contribution in [1.29, 1.82) is 0 Å². The summed E-state index contributed by atoms with van der Waals surface area (Å²) in [6.45, 7) is 3.56. The number of hydrogen-bond acceptors (Lipinski definition) is 4. The Labute approximate surface area is 166 Å². The monoisotopic (exact) mass is 401 g/mol. The molecule has 7 heteroatoms. The zero-order chi connectivity index (χ0) is 19.1. The van der Waals surface area contributed by atoms with Gasteiger partial charge in [-0.1, -0.05) is 17.7 Å². The van der Waals surface area contributed by atoms with E-state index in [4.69, 9.17) is 11.6 Å². The van der Waals surface area contributed by atoms with E-state index < -0.39 is 6.04 Å². The third-order valence-corrected chi connectivity index (χ3v) is 6.83. The highest BCUT2D eigenvalue weighted by molar-refractivity contribution is 7.18. The third kappa shape index (κ3) is 3.17. The highest BCUT2D eigenvalue weighted by Crippen LogP contribution is 2.33. The summed E-state index contributed by atoms with van der Waals surface area (Å²) in [6.07, 6.45) is 5.67. The molecule has 1 aliphatic rings. The molecule has 0 radical (unpaired) electrons. The molecule has 1 amide bonds. The Hall–Kier alpha value is -2.18. The van der Waals surface area contributed by atoms with E-state index in [1.54, 1.807) is 36.5 Å². The Morgan fingerprint density at radius 2 is 2.11 bits per heavy atom. The predicted molar refractivity (Wildman–Crippen MR) is 110 cm³/mol. The van der Waals surface area contributed by atoms with Crippen molar-refractivity contribution in [1.82, 2.24) is 9.55 Å². The molecule has 1 N–H and O–H groups in total. The summed E-state index contributed by atoms with van der Waals surface area (Å²) >= 11 is 7.73. The van der Waals surface area contributed by atoms with Gasteiger partial charge in [-0.25, -0.2) is 4.98 Å². The number of aromatic nitrogens is 2. The van der Waals surface area contributed by atoms with Crippen LogP contribution < -0.4 is 10.9 Å². The average Bonchev–Trinajstić information content (AvgIpc) is 3.04. The summed E-state index contributed by atoms with van der Waals surface area (Å²) in [7, 11) is 0. The predicted octanol–water partition coefficient (Wildman–Crippen LogP) is 4.50. The fraction of sp³-hybridized carbons (Fsp3) is 0.350. The number of thiophene rings is 1. The topological polar surface area (TPSA) is 64.0 Å². The summed E-state index contributed by atoms with van der Waals surface area (Å²) in [5.41, 5.74) is 2.44. The molecule has 2 heterocycles. The van der Waals surface area contributed by atoms with Crippen LogP contribution >= 0.6 is 22.9 Å². The third-order valence-electron chi connectivity index (χ3n) is 5.22. The van der Waals surface area contributed by atoms with Crippen LogP contribution in [0.5, 0.6) is 0 Å². The van der Waals surface area contributed by atoms with Crippen LogP contribution in [0.15, 0.2) is 29.3 Å². The number of carbonyl (C=O) groups is 1. The maximum absolute atomic E-state index is 13.1. The van der Waals surface area contributed by atoms with Gasteiger partial charge < -0.3 is 5.32 Å². The second-order valence-electron chi connectivity index (χ2n) is 6.93. The number of amides is 1. The summed E-state index contributed by atoms with van der Waals surface area (Å²) in [6, 6.07) is 4.68. The number of aryl methyl sites for hydroxylation is 2. The van der Waals surface area contributed by atoms with Gasteiger partial charge in [-0.2, -0.15) is 0 Å². The maximum Gasteiger partial charge on any atom is 0.263 e. The highest BCUT2D eigenvalue weighted by Gasteiger charge is 2.23. The minimum absolute atomic E-state index is 0.134. The number of anilines is 1. The van der Waals surface area contributed by atoms with E-state index in [2.05, 4.69) is 10.3 Å². The standard InChI is InChI=1S/C20H20ClN3O2S/c1-11-14(21)7-5-8-15(11)23-18(25)12(2)24-10-22-19-17(20(24)26)13-6-3-4-9-16(13)27-19/h5,7-8,10,12H,3-4,6,9H2,1-2H3,(H,23,25). The minimum atomic E-state index is -0.674. The molecule has 0 saturated heterocycles. The maximum atomic E-state index is 13.1. The molecule has 0 aliphatic heterocycles. The molecule has 0 bridgehead atoms. The molecule has 3 aromatic rings. The van der Waals surface area contributed by atoms with Gasteiger partial charge >= 0.3 is 0 Å². The lowest BCUT2D eigenvalue weighted by Gasteiger charge is -2.16. The molecule has 0 spiro atoms. The van der Waals surface area contributed by atoms with Crippen molar-refractivity contribution in [2.75, 3.05) is 5.32 Å².